The highest BCUT2D eigenvalue weighted by atomic mass is 32.1. The average Bonchev–Trinajstić information content (AvgIpc) is 3.86. The molecule has 0 saturated heterocycles. The van der Waals surface area contributed by atoms with Crippen LogP contribution < -0.4 is 4.90 Å². The lowest BCUT2D eigenvalue weighted by Gasteiger charge is -2.30. The molecule has 57 heavy (non-hydrogen) atoms. The highest BCUT2D eigenvalue weighted by Crippen LogP contribution is 2.50. The largest absolute Gasteiger partial charge is 0.456 e. The van der Waals surface area contributed by atoms with Gasteiger partial charge in [0.1, 0.15) is 11.2 Å². The molecule has 0 bridgehead atoms. The van der Waals surface area contributed by atoms with Crippen molar-refractivity contribution in [1.82, 2.24) is 0 Å². The van der Waals surface area contributed by atoms with E-state index in [9.17, 15) is 0 Å². The fourth-order valence-electron chi connectivity index (χ4n) is 8.39. The molecular formula is C54H35NOS. The summed E-state index contributed by atoms with van der Waals surface area (Å²) >= 11 is 1.86. The molecule has 0 unspecified atom stereocenters. The summed E-state index contributed by atoms with van der Waals surface area (Å²) in [6.45, 7) is 0. The molecule has 2 nitrogen and oxygen atoms in total. The Morgan fingerprint density at radius 3 is 1.67 bits per heavy atom. The maximum Gasteiger partial charge on any atom is 0.135 e. The quantitative estimate of drug-likeness (QED) is 0.162. The first-order valence-corrected chi connectivity index (χ1v) is 20.1. The minimum absolute atomic E-state index is 0.891. The Morgan fingerprint density at radius 1 is 0.351 bits per heavy atom. The smallest absolute Gasteiger partial charge is 0.135 e. The molecule has 9 aromatic carbocycles. The van der Waals surface area contributed by atoms with Crippen LogP contribution in [0.25, 0.3) is 86.6 Å². The van der Waals surface area contributed by atoms with Crippen molar-refractivity contribution in [2.24, 2.45) is 0 Å². The standard InChI is InChI=1S/C54H35NOS/c1-3-13-36(14-4-1)38-23-25-40(26-24-38)53-48(32-34-52-54(53)45-19-9-12-22-51(45)57-52)55(42-30-27-39(28-31-42)37-15-5-2-6-16-37)47-20-10-7-17-43(47)41-29-33-50-46(35-41)44-18-8-11-21-49(44)56-50/h1-35H. The second kappa shape index (κ2) is 13.8. The number of anilines is 3. The number of nitrogens with zero attached hydrogens (tertiary/aromatic N) is 1. The van der Waals surface area contributed by atoms with Gasteiger partial charge in [0, 0.05) is 47.8 Å². The van der Waals surface area contributed by atoms with E-state index in [1.807, 2.05) is 23.5 Å². The predicted octanol–water partition coefficient (Wildman–Crippen LogP) is 16.1. The van der Waals surface area contributed by atoms with E-state index in [-0.39, 0.29) is 0 Å². The van der Waals surface area contributed by atoms with E-state index in [2.05, 4.69) is 205 Å². The minimum Gasteiger partial charge on any atom is -0.456 e. The fraction of sp³-hybridized carbons (Fsp3) is 0. The van der Waals surface area contributed by atoms with Gasteiger partial charge in [-0.2, -0.15) is 0 Å². The van der Waals surface area contributed by atoms with Gasteiger partial charge in [-0.3, -0.25) is 0 Å². The van der Waals surface area contributed by atoms with E-state index in [0.29, 0.717) is 0 Å². The molecule has 0 aliphatic carbocycles. The van der Waals surface area contributed by atoms with Gasteiger partial charge in [0.2, 0.25) is 0 Å². The summed E-state index contributed by atoms with van der Waals surface area (Å²) in [6.07, 6.45) is 0. The molecule has 0 fully saturated rings. The Morgan fingerprint density at radius 2 is 0.912 bits per heavy atom. The van der Waals surface area contributed by atoms with Crippen LogP contribution in [0.4, 0.5) is 17.1 Å². The van der Waals surface area contributed by atoms with Crippen LogP contribution in [0, 0.1) is 0 Å². The molecule has 2 heterocycles. The lowest BCUT2D eigenvalue weighted by molar-refractivity contribution is 0.669. The van der Waals surface area contributed by atoms with Crippen LogP contribution in [0.3, 0.4) is 0 Å². The zero-order valence-electron chi connectivity index (χ0n) is 31.0. The molecule has 0 amide bonds. The van der Waals surface area contributed by atoms with E-state index < -0.39 is 0 Å². The molecular weight excluding hydrogens is 711 g/mol. The van der Waals surface area contributed by atoms with Crippen molar-refractivity contribution in [2.75, 3.05) is 4.90 Å². The van der Waals surface area contributed by atoms with Crippen molar-refractivity contribution in [1.29, 1.82) is 0 Å². The predicted molar refractivity (Wildman–Crippen MR) is 243 cm³/mol. The number of rotatable bonds is 7. The van der Waals surface area contributed by atoms with E-state index in [1.165, 1.54) is 53.6 Å². The van der Waals surface area contributed by atoms with Gasteiger partial charge in [0.15, 0.2) is 0 Å². The average molecular weight is 746 g/mol. The van der Waals surface area contributed by atoms with Gasteiger partial charge in [0.25, 0.3) is 0 Å². The first-order chi connectivity index (χ1) is 28.3. The molecule has 0 atom stereocenters. The third kappa shape index (κ3) is 5.80. The van der Waals surface area contributed by atoms with Crippen molar-refractivity contribution in [3.05, 3.63) is 212 Å². The third-order valence-corrected chi connectivity index (χ3v) is 12.2. The van der Waals surface area contributed by atoms with Crippen molar-refractivity contribution in [3.63, 3.8) is 0 Å². The minimum atomic E-state index is 0.891. The third-order valence-electron chi connectivity index (χ3n) is 11.1. The highest BCUT2D eigenvalue weighted by molar-refractivity contribution is 7.26. The zero-order valence-corrected chi connectivity index (χ0v) is 31.8. The van der Waals surface area contributed by atoms with Crippen LogP contribution in [0.2, 0.25) is 0 Å². The number of thiophene rings is 1. The maximum absolute atomic E-state index is 6.27. The number of furan rings is 1. The van der Waals surface area contributed by atoms with E-state index in [1.54, 1.807) is 0 Å². The maximum atomic E-state index is 6.27. The number of para-hydroxylation sites is 2. The van der Waals surface area contributed by atoms with Crippen LogP contribution >= 0.6 is 11.3 Å². The van der Waals surface area contributed by atoms with Gasteiger partial charge < -0.3 is 9.32 Å². The molecule has 2 aromatic heterocycles. The van der Waals surface area contributed by atoms with Crippen LogP contribution in [0.1, 0.15) is 0 Å². The molecule has 0 radical (unpaired) electrons. The summed E-state index contributed by atoms with van der Waals surface area (Å²) in [7, 11) is 0. The fourth-order valence-corrected chi connectivity index (χ4v) is 9.51. The second-order valence-electron chi connectivity index (χ2n) is 14.4. The van der Waals surface area contributed by atoms with Gasteiger partial charge >= 0.3 is 0 Å². The Labute approximate surface area is 335 Å². The number of hydrogen-bond donors (Lipinski definition) is 0. The van der Waals surface area contributed by atoms with Crippen molar-refractivity contribution in [2.45, 2.75) is 0 Å². The van der Waals surface area contributed by atoms with E-state index in [0.717, 1.165) is 50.1 Å². The molecule has 0 N–H and O–H groups in total. The Balaban J connectivity index is 1.17. The van der Waals surface area contributed by atoms with Gasteiger partial charge in [-0.25, -0.2) is 0 Å². The topological polar surface area (TPSA) is 16.4 Å². The number of benzene rings is 9. The molecule has 268 valence electrons. The monoisotopic (exact) mass is 745 g/mol. The SMILES string of the molecule is c1ccc(-c2ccc(-c3c(N(c4ccc(-c5ccccc5)cc4)c4ccccc4-c4ccc5oc6ccccc6c5c4)ccc4sc5ccccc5c34)cc2)cc1. The molecule has 3 heteroatoms. The number of fused-ring (bicyclic) bond motifs is 6. The van der Waals surface area contributed by atoms with Crippen molar-refractivity contribution < 1.29 is 4.42 Å². The molecule has 11 aromatic rings. The summed E-state index contributed by atoms with van der Waals surface area (Å²) in [5.41, 5.74) is 14.5. The molecule has 11 rings (SSSR count). The lowest BCUT2D eigenvalue weighted by atomic mass is 9.93. The highest BCUT2D eigenvalue weighted by Gasteiger charge is 2.24. The van der Waals surface area contributed by atoms with Crippen LogP contribution in [0.5, 0.6) is 0 Å². The zero-order chi connectivity index (χ0) is 37.7. The first kappa shape index (κ1) is 33.2. The van der Waals surface area contributed by atoms with Crippen LogP contribution in [-0.2, 0) is 0 Å². The summed E-state index contributed by atoms with van der Waals surface area (Å²) in [5, 5.41) is 4.78. The molecule has 0 spiro atoms. The molecule has 0 saturated carbocycles. The summed E-state index contributed by atoms with van der Waals surface area (Å²) in [6, 6.07) is 76.6. The summed E-state index contributed by atoms with van der Waals surface area (Å²) in [4.78, 5) is 2.47. The van der Waals surface area contributed by atoms with Crippen LogP contribution in [-0.4, -0.2) is 0 Å². The van der Waals surface area contributed by atoms with Crippen molar-refractivity contribution in [3.8, 4) is 44.5 Å². The van der Waals surface area contributed by atoms with E-state index >= 15 is 0 Å². The van der Waals surface area contributed by atoms with Crippen LogP contribution in [0.15, 0.2) is 217 Å². The Bertz CT molecular complexity index is 3210. The van der Waals surface area contributed by atoms with E-state index in [4.69, 9.17) is 4.42 Å². The Kier molecular flexibility index (Phi) is 8.04. The first-order valence-electron chi connectivity index (χ1n) is 19.3. The second-order valence-corrected chi connectivity index (χ2v) is 15.5. The lowest BCUT2D eigenvalue weighted by Crippen LogP contribution is -2.12. The van der Waals surface area contributed by atoms with Gasteiger partial charge in [0.05, 0.1) is 11.4 Å². The van der Waals surface area contributed by atoms with Gasteiger partial charge in [-0.15, -0.1) is 11.3 Å². The van der Waals surface area contributed by atoms with Crippen molar-refractivity contribution >= 4 is 70.5 Å². The summed E-state index contributed by atoms with van der Waals surface area (Å²) in [5.74, 6) is 0. The Hall–Kier alpha value is -7.20. The summed E-state index contributed by atoms with van der Waals surface area (Å²) < 4.78 is 8.82. The molecule has 0 aliphatic rings. The number of hydrogen-bond acceptors (Lipinski definition) is 3. The van der Waals surface area contributed by atoms with Gasteiger partial charge in [-0.1, -0.05) is 158 Å². The molecule has 0 aliphatic heterocycles. The normalized spacial score (nSPS) is 11.5. The van der Waals surface area contributed by atoms with Gasteiger partial charge in [-0.05, 0) is 88.0 Å².